The first-order valence-corrected chi connectivity index (χ1v) is 12.4. The van der Waals surface area contributed by atoms with Crippen LogP contribution in [-0.4, -0.2) is 119 Å². The zero-order chi connectivity index (χ0) is 29.5. The van der Waals surface area contributed by atoms with Crippen LogP contribution in [-0.2, 0) is 33.6 Å². The lowest BCUT2D eigenvalue weighted by atomic mass is 10.1. The minimum absolute atomic E-state index is 0.0855. The highest BCUT2D eigenvalue weighted by Gasteiger charge is 2.38. The number of amides is 5. The molecule has 220 valence electrons. The van der Waals surface area contributed by atoms with E-state index < -0.39 is 85.2 Å². The number of hydrogen-bond acceptors (Lipinski definition) is 10. The lowest BCUT2D eigenvalue weighted by Gasteiger charge is -2.29. The highest BCUT2D eigenvalue weighted by Crippen LogP contribution is 2.20. The standard InChI is InChI=1S/C22H37N7O10/c23-6-2-1-4-12(21(37)29-7-3-5-15(29)22(38)39)27-19(35)13(8-18(33)34)28-20(36)14(11-30)26-17(32)10-25-16(31)9-24/h12-15,30H,1-11,23-24H2,(H,25,31)(H,26,32)(H,27,35)(H,28,36)(H,33,34)(H,38,39)/t12-,13-,14-,15-/m0/s1. The molecule has 1 heterocycles. The lowest BCUT2D eigenvalue weighted by molar-refractivity contribution is -0.149. The summed E-state index contributed by atoms with van der Waals surface area (Å²) in [5.41, 5.74) is 10.6. The van der Waals surface area contributed by atoms with Crippen molar-refractivity contribution in [2.75, 3.05) is 32.8 Å². The predicted molar refractivity (Wildman–Crippen MR) is 132 cm³/mol. The van der Waals surface area contributed by atoms with Crippen molar-refractivity contribution in [1.82, 2.24) is 26.2 Å². The van der Waals surface area contributed by atoms with Gasteiger partial charge in [-0.2, -0.15) is 0 Å². The van der Waals surface area contributed by atoms with E-state index in [9.17, 15) is 48.9 Å². The average Bonchev–Trinajstić information content (AvgIpc) is 3.39. The first kappa shape index (κ1) is 33.2. The fourth-order valence-electron chi connectivity index (χ4n) is 3.86. The molecule has 1 rings (SSSR count). The number of nitrogens with zero attached hydrogens (tertiary/aromatic N) is 1. The maximum absolute atomic E-state index is 13.2. The zero-order valence-corrected chi connectivity index (χ0v) is 21.4. The Bertz CT molecular complexity index is 916. The van der Waals surface area contributed by atoms with Gasteiger partial charge in [0.15, 0.2) is 0 Å². The summed E-state index contributed by atoms with van der Waals surface area (Å²) in [6.45, 7) is -1.39. The van der Waals surface area contributed by atoms with Gasteiger partial charge in [0.1, 0.15) is 24.2 Å². The smallest absolute Gasteiger partial charge is 0.326 e. The van der Waals surface area contributed by atoms with Crippen LogP contribution in [0, 0.1) is 0 Å². The van der Waals surface area contributed by atoms with Gasteiger partial charge in [-0.3, -0.25) is 28.8 Å². The van der Waals surface area contributed by atoms with E-state index in [0.29, 0.717) is 25.8 Å². The van der Waals surface area contributed by atoms with Gasteiger partial charge in [-0.25, -0.2) is 4.79 Å². The molecule has 0 bridgehead atoms. The molecule has 0 saturated carbocycles. The van der Waals surface area contributed by atoms with Gasteiger partial charge in [0, 0.05) is 6.54 Å². The Morgan fingerprint density at radius 3 is 2.08 bits per heavy atom. The van der Waals surface area contributed by atoms with Gasteiger partial charge in [-0.05, 0) is 38.6 Å². The molecule has 0 aromatic heterocycles. The quantitative estimate of drug-likeness (QED) is 0.0759. The van der Waals surface area contributed by atoms with Crippen molar-refractivity contribution in [3.63, 3.8) is 0 Å². The summed E-state index contributed by atoms with van der Waals surface area (Å²) in [5, 5.41) is 37.0. The van der Waals surface area contributed by atoms with Crippen LogP contribution in [0.25, 0.3) is 0 Å². The average molecular weight is 560 g/mol. The molecular formula is C22H37N7O10. The van der Waals surface area contributed by atoms with E-state index in [2.05, 4.69) is 21.3 Å². The third-order valence-corrected chi connectivity index (χ3v) is 5.86. The van der Waals surface area contributed by atoms with Crippen LogP contribution in [0.2, 0.25) is 0 Å². The molecule has 39 heavy (non-hydrogen) atoms. The largest absolute Gasteiger partial charge is 0.481 e. The third kappa shape index (κ3) is 11.2. The summed E-state index contributed by atoms with van der Waals surface area (Å²) < 4.78 is 0. The Kier molecular flexibility index (Phi) is 14.4. The minimum atomic E-state index is -1.71. The fourth-order valence-corrected chi connectivity index (χ4v) is 3.86. The Balaban J connectivity index is 2.99. The topological polar surface area (TPSA) is 284 Å². The molecule has 0 radical (unpaired) electrons. The molecule has 0 unspecified atom stereocenters. The van der Waals surface area contributed by atoms with Gasteiger partial charge >= 0.3 is 11.9 Å². The van der Waals surface area contributed by atoms with Crippen LogP contribution in [0.15, 0.2) is 0 Å². The van der Waals surface area contributed by atoms with Crippen LogP contribution in [0.4, 0.5) is 0 Å². The highest BCUT2D eigenvalue weighted by molar-refractivity contribution is 5.97. The first-order chi connectivity index (χ1) is 18.4. The third-order valence-electron chi connectivity index (χ3n) is 5.86. The van der Waals surface area contributed by atoms with E-state index in [1.165, 1.54) is 0 Å². The van der Waals surface area contributed by atoms with E-state index in [1.807, 2.05) is 0 Å². The summed E-state index contributed by atoms with van der Waals surface area (Å²) in [7, 11) is 0. The number of carboxylic acid groups (broad SMARTS) is 2. The van der Waals surface area contributed by atoms with E-state index in [1.54, 1.807) is 0 Å². The molecule has 0 aromatic carbocycles. The van der Waals surface area contributed by atoms with Crippen LogP contribution in [0.3, 0.4) is 0 Å². The SMILES string of the molecule is NCCCC[C@H](NC(=O)[C@H](CC(=O)O)NC(=O)[C@H](CO)NC(=O)CNC(=O)CN)C(=O)N1CCC[C@H]1C(=O)O. The van der Waals surface area contributed by atoms with Crippen molar-refractivity contribution in [3.05, 3.63) is 0 Å². The number of carboxylic acids is 2. The number of nitrogens with one attached hydrogen (secondary N) is 4. The molecule has 1 saturated heterocycles. The number of likely N-dealkylation sites (tertiary alicyclic amines) is 1. The lowest BCUT2D eigenvalue weighted by Crippen LogP contribution is -2.59. The number of carbonyl (C=O) groups excluding carboxylic acids is 5. The minimum Gasteiger partial charge on any atom is -0.481 e. The Hall–Kier alpha value is -3.83. The number of rotatable bonds is 17. The molecular weight excluding hydrogens is 522 g/mol. The maximum Gasteiger partial charge on any atom is 0.326 e. The molecule has 1 aliphatic heterocycles. The number of unbranched alkanes of at least 4 members (excludes halogenated alkanes) is 1. The van der Waals surface area contributed by atoms with Gasteiger partial charge in [-0.15, -0.1) is 0 Å². The second-order valence-electron chi connectivity index (χ2n) is 8.82. The van der Waals surface area contributed by atoms with Crippen molar-refractivity contribution in [3.8, 4) is 0 Å². The maximum atomic E-state index is 13.2. The monoisotopic (exact) mass is 559 g/mol. The van der Waals surface area contributed by atoms with E-state index in [0.717, 1.165) is 4.90 Å². The summed E-state index contributed by atoms with van der Waals surface area (Å²) in [5.74, 6) is -6.98. The second-order valence-corrected chi connectivity index (χ2v) is 8.82. The summed E-state index contributed by atoms with van der Waals surface area (Å²) >= 11 is 0. The van der Waals surface area contributed by atoms with E-state index >= 15 is 0 Å². The molecule has 17 nitrogen and oxygen atoms in total. The Labute approximate surface area is 224 Å². The van der Waals surface area contributed by atoms with Gasteiger partial charge < -0.3 is 53.0 Å². The summed E-state index contributed by atoms with van der Waals surface area (Å²) in [6, 6.07) is -5.59. The molecule has 5 amide bonds. The van der Waals surface area contributed by atoms with Crippen molar-refractivity contribution in [1.29, 1.82) is 0 Å². The van der Waals surface area contributed by atoms with Crippen molar-refractivity contribution in [2.45, 2.75) is 62.7 Å². The van der Waals surface area contributed by atoms with Crippen LogP contribution < -0.4 is 32.7 Å². The number of carbonyl (C=O) groups is 7. The van der Waals surface area contributed by atoms with Gasteiger partial charge in [0.2, 0.25) is 29.5 Å². The van der Waals surface area contributed by atoms with Crippen molar-refractivity contribution >= 4 is 41.5 Å². The molecule has 1 aliphatic rings. The van der Waals surface area contributed by atoms with Crippen LogP contribution in [0.1, 0.15) is 38.5 Å². The van der Waals surface area contributed by atoms with Crippen LogP contribution in [0.5, 0.6) is 0 Å². The van der Waals surface area contributed by atoms with Gasteiger partial charge in [0.05, 0.1) is 26.1 Å². The fraction of sp³-hybridized carbons (Fsp3) is 0.682. The first-order valence-electron chi connectivity index (χ1n) is 12.4. The number of aliphatic hydroxyl groups is 1. The highest BCUT2D eigenvalue weighted by atomic mass is 16.4. The van der Waals surface area contributed by atoms with E-state index in [4.69, 9.17) is 11.5 Å². The summed E-state index contributed by atoms with van der Waals surface area (Å²) in [4.78, 5) is 86.0. The molecule has 1 fully saturated rings. The number of aliphatic carboxylic acids is 2. The van der Waals surface area contributed by atoms with Crippen molar-refractivity contribution in [2.24, 2.45) is 11.5 Å². The normalized spacial score (nSPS) is 16.9. The molecule has 4 atom stereocenters. The number of hydrogen-bond donors (Lipinski definition) is 9. The molecule has 0 aliphatic carbocycles. The second kappa shape index (κ2) is 16.9. The Morgan fingerprint density at radius 1 is 0.872 bits per heavy atom. The van der Waals surface area contributed by atoms with Crippen molar-refractivity contribution < 1.29 is 48.9 Å². The molecule has 0 spiro atoms. The summed E-state index contributed by atoms with van der Waals surface area (Å²) in [6.07, 6.45) is 0.777. The number of aliphatic hydroxyl groups excluding tert-OH is 1. The van der Waals surface area contributed by atoms with Gasteiger partial charge in [-0.1, -0.05) is 0 Å². The van der Waals surface area contributed by atoms with Crippen LogP contribution >= 0.6 is 0 Å². The zero-order valence-electron chi connectivity index (χ0n) is 21.4. The Morgan fingerprint density at radius 2 is 1.51 bits per heavy atom. The molecule has 17 heteroatoms. The number of nitrogens with two attached hydrogens (primary N) is 2. The molecule has 0 aromatic rings. The van der Waals surface area contributed by atoms with Gasteiger partial charge in [0.25, 0.3) is 0 Å². The predicted octanol–water partition coefficient (Wildman–Crippen LogP) is -4.81. The van der Waals surface area contributed by atoms with E-state index in [-0.39, 0.29) is 25.9 Å². The molecule has 11 N–H and O–H groups in total.